The molecule has 0 aliphatic rings. The SMILES string of the molecule is Cc1ccc(CN(C)Cc2cc(F)cc(C(=O)O)c2)cc1. The molecule has 21 heavy (non-hydrogen) atoms. The topological polar surface area (TPSA) is 40.5 Å². The molecule has 0 heterocycles. The quantitative estimate of drug-likeness (QED) is 0.915. The van der Waals surface area contributed by atoms with Gasteiger partial charge in [0.1, 0.15) is 5.82 Å². The second-order valence-corrected chi connectivity index (χ2v) is 5.31. The summed E-state index contributed by atoms with van der Waals surface area (Å²) in [6.07, 6.45) is 0. The van der Waals surface area contributed by atoms with Crippen molar-refractivity contribution in [3.8, 4) is 0 Å². The predicted octanol–water partition coefficient (Wildman–Crippen LogP) is 3.46. The lowest BCUT2D eigenvalue weighted by Gasteiger charge is -2.17. The smallest absolute Gasteiger partial charge is 0.335 e. The molecule has 0 atom stereocenters. The standard InChI is InChI=1S/C17H18FNO2/c1-12-3-5-13(6-4-12)10-19(2)11-14-7-15(17(20)21)9-16(18)8-14/h3-9H,10-11H2,1-2H3,(H,20,21). The Morgan fingerprint density at radius 3 is 2.33 bits per heavy atom. The maximum atomic E-state index is 13.4. The highest BCUT2D eigenvalue weighted by molar-refractivity contribution is 5.87. The zero-order valence-electron chi connectivity index (χ0n) is 12.1. The molecule has 3 nitrogen and oxygen atoms in total. The van der Waals surface area contributed by atoms with Crippen molar-refractivity contribution in [2.45, 2.75) is 20.0 Å². The van der Waals surface area contributed by atoms with Gasteiger partial charge in [-0.05, 0) is 43.3 Å². The van der Waals surface area contributed by atoms with Gasteiger partial charge in [0.25, 0.3) is 0 Å². The van der Waals surface area contributed by atoms with E-state index < -0.39 is 11.8 Å². The van der Waals surface area contributed by atoms with Gasteiger partial charge in [-0.25, -0.2) is 9.18 Å². The number of halogens is 1. The van der Waals surface area contributed by atoms with E-state index in [1.807, 2.05) is 31.0 Å². The molecule has 2 aromatic rings. The van der Waals surface area contributed by atoms with Gasteiger partial charge < -0.3 is 5.11 Å². The van der Waals surface area contributed by atoms with Crippen molar-refractivity contribution in [2.24, 2.45) is 0 Å². The predicted molar refractivity (Wildman–Crippen MR) is 79.7 cm³/mol. The van der Waals surface area contributed by atoms with Gasteiger partial charge in [0.2, 0.25) is 0 Å². The number of carboxylic acid groups (broad SMARTS) is 1. The molecule has 0 radical (unpaired) electrons. The Hall–Kier alpha value is -2.20. The highest BCUT2D eigenvalue weighted by Gasteiger charge is 2.09. The van der Waals surface area contributed by atoms with Gasteiger partial charge in [0.05, 0.1) is 5.56 Å². The van der Waals surface area contributed by atoms with Crippen molar-refractivity contribution in [3.63, 3.8) is 0 Å². The van der Waals surface area contributed by atoms with Crippen LogP contribution in [0.4, 0.5) is 4.39 Å². The second kappa shape index (κ2) is 6.50. The van der Waals surface area contributed by atoms with Gasteiger partial charge in [0, 0.05) is 13.1 Å². The van der Waals surface area contributed by atoms with Gasteiger partial charge in [-0.2, -0.15) is 0 Å². The van der Waals surface area contributed by atoms with Gasteiger partial charge in [-0.3, -0.25) is 4.90 Å². The summed E-state index contributed by atoms with van der Waals surface area (Å²) in [7, 11) is 1.92. The van der Waals surface area contributed by atoms with Crippen LogP contribution in [0.5, 0.6) is 0 Å². The fourth-order valence-corrected chi connectivity index (χ4v) is 2.24. The van der Waals surface area contributed by atoms with Crippen molar-refractivity contribution in [1.29, 1.82) is 0 Å². The minimum atomic E-state index is -1.11. The first-order valence-corrected chi connectivity index (χ1v) is 6.71. The zero-order valence-corrected chi connectivity index (χ0v) is 12.1. The monoisotopic (exact) mass is 287 g/mol. The number of nitrogens with zero attached hydrogens (tertiary/aromatic N) is 1. The van der Waals surface area contributed by atoms with Crippen molar-refractivity contribution in [3.05, 3.63) is 70.5 Å². The van der Waals surface area contributed by atoms with Crippen LogP contribution in [-0.4, -0.2) is 23.0 Å². The number of hydrogen-bond donors (Lipinski definition) is 1. The summed E-state index contributed by atoms with van der Waals surface area (Å²) >= 11 is 0. The van der Waals surface area contributed by atoms with E-state index in [0.29, 0.717) is 12.1 Å². The number of aryl methyl sites for hydroxylation is 1. The molecule has 0 bridgehead atoms. The molecule has 0 aliphatic carbocycles. The fourth-order valence-electron chi connectivity index (χ4n) is 2.24. The molecule has 0 aliphatic heterocycles. The third-order valence-electron chi connectivity index (χ3n) is 3.23. The van der Waals surface area contributed by atoms with Crippen LogP contribution in [0.15, 0.2) is 42.5 Å². The molecule has 0 saturated heterocycles. The summed E-state index contributed by atoms with van der Waals surface area (Å²) < 4.78 is 13.4. The minimum Gasteiger partial charge on any atom is -0.478 e. The van der Waals surface area contributed by atoms with Crippen LogP contribution < -0.4 is 0 Å². The molecule has 2 rings (SSSR count). The average Bonchev–Trinajstić information content (AvgIpc) is 2.40. The van der Waals surface area contributed by atoms with Gasteiger partial charge >= 0.3 is 5.97 Å². The molecule has 110 valence electrons. The Morgan fingerprint density at radius 1 is 1.10 bits per heavy atom. The largest absolute Gasteiger partial charge is 0.478 e. The number of carbonyl (C=O) groups is 1. The highest BCUT2D eigenvalue weighted by atomic mass is 19.1. The van der Waals surface area contributed by atoms with Gasteiger partial charge in [-0.1, -0.05) is 29.8 Å². The molecular weight excluding hydrogens is 269 g/mol. The van der Waals surface area contributed by atoms with Crippen LogP contribution >= 0.6 is 0 Å². The number of hydrogen-bond acceptors (Lipinski definition) is 2. The average molecular weight is 287 g/mol. The van der Waals surface area contributed by atoms with E-state index in [1.165, 1.54) is 17.7 Å². The van der Waals surface area contributed by atoms with Crippen LogP contribution in [0.3, 0.4) is 0 Å². The van der Waals surface area contributed by atoms with Crippen molar-refractivity contribution < 1.29 is 14.3 Å². The third kappa shape index (κ3) is 4.39. The van der Waals surface area contributed by atoms with Crippen LogP contribution in [0, 0.1) is 12.7 Å². The number of benzene rings is 2. The van der Waals surface area contributed by atoms with Crippen molar-refractivity contribution >= 4 is 5.97 Å². The summed E-state index contributed by atoms with van der Waals surface area (Å²) in [4.78, 5) is 13.0. The molecular formula is C17H18FNO2. The maximum Gasteiger partial charge on any atom is 0.335 e. The molecule has 0 unspecified atom stereocenters. The Labute approximate surface area is 123 Å². The van der Waals surface area contributed by atoms with Crippen molar-refractivity contribution in [2.75, 3.05) is 7.05 Å². The van der Waals surface area contributed by atoms with Crippen LogP contribution in [0.25, 0.3) is 0 Å². The Balaban J connectivity index is 2.07. The summed E-state index contributed by atoms with van der Waals surface area (Å²) in [5.41, 5.74) is 3.01. The van der Waals surface area contributed by atoms with Gasteiger partial charge in [0.15, 0.2) is 0 Å². The van der Waals surface area contributed by atoms with Crippen LogP contribution in [0.2, 0.25) is 0 Å². The van der Waals surface area contributed by atoms with E-state index in [0.717, 1.165) is 18.2 Å². The van der Waals surface area contributed by atoms with E-state index in [9.17, 15) is 9.18 Å². The molecule has 0 saturated carbocycles. The number of rotatable bonds is 5. The second-order valence-electron chi connectivity index (χ2n) is 5.31. The Kier molecular flexibility index (Phi) is 4.70. The minimum absolute atomic E-state index is 0.0197. The van der Waals surface area contributed by atoms with E-state index >= 15 is 0 Å². The van der Waals surface area contributed by atoms with Crippen molar-refractivity contribution in [1.82, 2.24) is 4.90 Å². The van der Waals surface area contributed by atoms with E-state index in [1.54, 1.807) is 0 Å². The third-order valence-corrected chi connectivity index (χ3v) is 3.23. The molecule has 2 aromatic carbocycles. The Bertz CT molecular complexity index is 638. The summed E-state index contributed by atoms with van der Waals surface area (Å²) in [6, 6.07) is 12.1. The summed E-state index contributed by atoms with van der Waals surface area (Å²) in [5.74, 6) is -1.63. The lowest BCUT2D eigenvalue weighted by molar-refractivity contribution is 0.0696. The maximum absolute atomic E-state index is 13.4. The number of carboxylic acids is 1. The molecule has 1 N–H and O–H groups in total. The first kappa shape index (κ1) is 15.2. The highest BCUT2D eigenvalue weighted by Crippen LogP contribution is 2.13. The Morgan fingerprint density at radius 2 is 1.71 bits per heavy atom. The molecule has 4 heteroatoms. The number of aromatic carboxylic acids is 1. The molecule has 0 aromatic heterocycles. The van der Waals surface area contributed by atoms with E-state index in [2.05, 4.69) is 12.1 Å². The van der Waals surface area contributed by atoms with E-state index in [4.69, 9.17) is 5.11 Å². The molecule has 0 fully saturated rings. The van der Waals surface area contributed by atoms with E-state index in [-0.39, 0.29) is 5.56 Å². The fraction of sp³-hybridized carbons (Fsp3) is 0.235. The summed E-state index contributed by atoms with van der Waals surface area (Å²) in [6.45, 7) is 3.25. The van der Waals surface area contributed by atoms with Gasteiger partial charge in [-0.15, -0.1) is 0 Å². The normalized spacial score (nSPS) is 10.9. The lowest BCUT2D eigenvalue weighted by atomic mass is 10.1. The summed E-state index contributed by atoms with van der Waals surface area (Å²) in [5, 5.41) is 8.95. The molecule has 0 spiro atoms. The molecule has 0 amide bonds. The first-order chi connectivity index (χ1) is 9.94. The first-order valence-electron chi connectivity index (χ1n) is 6.71. The van der Waals surface area contributed by atoms with Crippen LogP contribution in [0.1, 0.15) is 27.0 Å². The zero-order chi connectivity index (χ0) is 15.4. The van der Waals surface area contributed by atoms with Crippen LogP contribution in [-0.2, 0) is 13.1 Å². The lowest BCUT2D eigenvalue weighted by Crippen LogP contribution is -2.17.